The van der Waals surface area contributed by atoms with Gasteiger partial charge >= 0.3 is 0 Å². The Morgan fingerprint density at radius 1 is 1.33 bits per heavy atom. The van der Waals surface area contributed by atoms with E-state index in [4.69, 9.17) is 21.1 Å². The first-order valence-electron chi connectivity index (χ1n) is 6.07. The summed E-state index contributed by atoms with van der Waals surface area (Å²) in [5.41, 5.74) is 0.630. The molecule has 0 bridgehead atoms. The van der Waals surface area contributed by atoms with E-state index in [-0.39, 0.29) is 18.1 Å². The lowest BCUT2D eigenvalue weighted by Gasteiger charge is -2.29. The van der Waals surface area contributed by atoms with E-state index in [1.165, 1.54) is 0 Å². The fourth-order valence-electron chi connectivity index (χ4n) is 2.32. The number of benzene rings is 1. The monoisotopic (exact) mass is 267 g/mol. The summed E-state index contributed by atoms with van der Waals surface area (Å²) in [4.78, 5) is 14.1. The van der Waals surface area contributed by atoms with Gasteiger partial charge in [0.2, 0.25) is 6.79 Å². The number of fused-ring (bicyclic) bond motifs is 1. The van der Waals surface area contributed by atoms with E-state index in [1.807, 2.05) is 0 Å². The van der Waals surface area contributed by atoms with Gasteiger partial charge in [-0.2, -0.15) is 0 Å². The largest absolute Gasteiger partial charge is 0.454 e. The van der Waals surface area contributed by atoms with Crippen molar-refractivity contribution in [1.29, 1.82) is 0 Å². The minimum absolute atomic E-state index is 0.0126. The van der Waals surface area contributed by atoms with Crippen molar-refractivity contribution in [3.63, 3.8) is 0 Å². The number of hydrogen-bond acceptors (Lipinski definition) is 3. The maximum absolute atomic E-state index is 12.3. The first kappa shape index (κ1) is 11.7. The number of carbonyl (C=O) groups is 1. The number of rotatable bonds is 1. The molecule has 1 atom stereocenters. The highest BCUT2D eigenvalue weighted by Crippen LogP contribution is 2.33. The topological polar surface area (TPSA) is 38.8 Å². The number of hydrogen-bond donors (Lipinski definition) is 0. The van der Waals surface area contributed by atoms with E-state index in [9.17, 15) is 4.79 Å². The van der Waals surface area contributed by atoms with Crippen LogP contribution in [0.5, 0.6) is 11.5 Å². The molecule has 0 spiro atoms. The normalized spacial score (nSPS) is 22.1. The van der Waals surface area contributed by atoms with Gasteiger partial charge < -0.3 is 14.4 Å². The van der Waals surface area contributed by atoms with E-state index in [2.05, 4.69) is 0 Å². The molecule has 1 amide bonds. The lowest BCUT2D eigenvalue weighted by atomic mass is 10.1. The van der Waals surface area contributed by atoms with E-state index >= 15 is 0 Å². The molecule has 0 aliphatic carbocycles. The Morgan fingerprint density at radius 2 is 2.17 bits per heavy atom. The van der Waals surface area contributed by atoms with E-state index in [0.717, 1.165) is 19.4 Å². The highest BCUT2D eigenvalue weighted by Gasteiger charge is 2.24. The molecular weight excluding hydrogens is 254 g/mol. The van der Waals surface area contributed by atoms with E-state index in [1.54, 1.807) is 23.1 Å². The summed E-state index contributed by atoms with van der Waals surface area (Å²) in [6.07, 6.45) is 1.94. The Bertz CT molecular complexity index is 477. The van der Waals surface area contributed by atoms with Crippen LogP contribution >= 0.6 is 11.6 Å². The van der Waals surface area contributed by atoms with Gasteiger partial charge in [0.15, 0.2) is 11.5 Å². The summed E-state index contributed by atoms with van der Waals surface area (Å²) in [7, 11) is 0. The smallest absolute Gasteiger partial charge is 0.254 e. The van der Waals surface area contributed by atoms with Crippen LogP contribution in [0, 0.1) is 0 Å². The van der Waals surface area contributed by atoms with E-state index in [0.29, 0.717) is 23.6 Å². The average Bonchev–Trinajstić information content (AvgIpc) is 2.85. The van der Waals surface area contributed by atoms with Gasteiger partial charge in [0.05, 0.1) is 5.38 Å². The Morgan fingerprint density at radius 3 is 3.00 bits per heavy atom. The van der Waals surface area contributed by atoms with Crippen molar-refractivity contribution in [2.24, 2.45) is 0 Å². The third-order valence-electron chi connectivity index (χ3n) is 3.27. The van der Waals surface area contributed by atoms with Crippen molar-refractivity contribution in [2.75, 3.05) is 19.9 Å². The molecule has 1 unspecified atom stereocenters. The molecule has 96 valence electrons. The van der Waals surface area contributed by atoms with Gasteiger partial charge in [-0.15, -0.1) is 11.6 Å². The van der Waals surface area contributed by atoms with Crippen molar-refractivity contribution in [3.8, 4) is 11.5 Å². The quantitative estimate of drug-likeness (QED) is 0.733. The molecular formula is C13H14ClNO3. The number of halogens is 1. The number of piperidine rings is 1. The van der Waals surface area contributed by atoms with Gasteiger partial charge in [-0.25, -0.2) is 0 Å². The van der Waals surface area contributed by atoms with Crippen LogP contribution in [-0.4, -0.2) is 36.1 Å². The van der Waals surface area contributed by atoms with Crippen molar-refractivity contribution < 1.29 is 14.3 Å². The van der Waals surface area contributed by atoms with Crippen LogP contribution in [0.25, 0.3) is 0 Å². The standard InChI is InChI=1S/C13H14ClNO3/c14-10-2-1-5-15(7-10)13(16)9-3-4-11-12(6-9)18-8-17-11/h3-4,6,10H,1-2,5,7-8H2. The number of carbonyl (C=O) groups excluding carboxylic acids is 1. The maximum atomic E-state index is 12.3. The lowest BCUT2D eigenvalue weighted by molar-refractivity contribution is 0.0726. The van der Waals surface area contributed by atoms with Crippen LogP contribution in [-0.2, 0) is 0 Å². The number of ether oxygens (including phenoxy) is 2. The second-order valence-corrected chi connectivity index (χ2v) is 5.18. The summed E-state index contributed by atoms with van der Waals surface area (Å²) in [5, 5.41) is 0.0664. The molecule has 5 heteroatoms. The summed E-state index contributed by atoms with van der Waals surface area (Å²) in [5.74, 6) is 1.35. The first-order chi connectivity index (χ1) is 8.74. The van der Waals surface area contributed by atoms with Crippen LogP contribution in [0.4, 0.5) is 0 Å². The summed E-state index contributed by atoms with van der Waals surface area (Å²) in [6, 6.07) is 5.29. The zero-order valence-corrected chi connectivity index (χ0v) is 10.7. The van der Waals surface area contributed by atoms with E-state index < -0.39 is 0 Å². The Labute approximate surface area is 110 Å². The molecule has 4 nitrogen and oxygen atoms in total. The third kappa shape index (κ3) is 2.12. The SMILES string of the molecule is O=C(c1ccc2c(c1)OCO2)N1CCCC(Cl)C1. The fourth-order valence-corrected chi connectivity index (χ4v) is 2.64. The molecule has 0 saturated carbocycles. The molecule has 1 fully saturated rings. The maximum Gasteiger partial charge on any atom is 0.254 e. The highest BCUT2D eigenvalue weighted by molar-refractivity contribution is 6.21. The van der Waals surface area contributed by atoms with Crippen molar-refractivity contribution in [3.05, 3.63) is 23.8 Å². The predicted molar refractivity (Wildman–Crippen MR) is 67.3 cm³/mol. The molecule has 2 aliphatic heterocycles. The molecule has 2 aliphatic rings. The molecule has 0 radical (unpaired) electrons. The number of nitrogens with zero attached hydrogens (tertiary/aromatic N) is 1. The first-order valence-corrected chi connectivity index (χ1v) is 6.50. The van der Waals surface area contributed by atoms with Crippen LogP contribution < -0.4 is 9.47 Å². The average molecular weight is 268 g/mol. The molecule has 0 aromatic heterocycles. The van der Waals surface area contributed by atoms with Gasteiger partial charge in [0.25, 0.3) is 5.91 Å². The van der Waals surface area contributed by atoms with Crippen LogP contribution in [0.2, 0.25) is 0 Å². The van der Waals surface area contributed by atoms with Crippen molar-refractivity contribution >= 4 is 17.5 Å². The van der Waals surface area contributed by atoms with Gasteiger partial charge in [0.1, 0.15) is 0 Å². The van der Waals surface area contributed by atoms with Gasteiger partial charge in [-0.05, 0) is 31.0 Å². The van der Waals surface area contributed by atoms with Gasteiger partial charge in [-0.3, -0.25) is 4.79 Å². The molecule has 0 N–H and O–H groups in total. The van der Waals surface area contributed by atoms with Crippen molar-refractivity contribution in [1.82, 2.24) is 4.90 Å². The molecule has 1 aromatic rings. The molecule has 1 aromatic carbocycles. The zero-order valence-electron chi connectivity index (χ0n) is 9.89. The summed E-state index contributed by atoms with van der Waals surface area (Å²) in [6.45, 7) is 1.62. The summed E-state index contributed by atoms with van der Waals surface area (Å²) >= 11 is 6.10. The van der Waals surface area contributed by atoms with Crippen LogP contribution in [0.1, 0.15) is 23.2 Å². The lowest BCUT2D eigenvalue weighted by Crippen LogP contribution is -2.40. The second kappa shape index (κ2) is 4.69. The zero-order chi connectivity index (χ0) is 12.5. The van der Waals surface area contributed by atoms with Gasteiger partial charge in [-0.1, -0.05) is 0 Å². The third-order valence-corrected chi connectivity index (χ3v) is 3.63. The van der Waals surface area contributed by atoms with Crippen molar-refractivity contribution in [2.45, 2.75) is 18.2 Å². The van der Waals surface area contributed by atoms with Crippen LogP contribution in [0.15, 0.2) is 18.2 Å². The summed E-state index contributed by atoms with van der Waals surface area (Å²) < 4.78 is 10.5. The number of alkyl halides is 1. The Hall–Kier alpha value is -1.42. The fraction of sp³-hybridized carbons (Fsp3) is 0.462. The van der Waals surface area contributed by atoms with Gasteiger partial charge in [0, 0.05) is 18.7 Å². The second-order valence-electron chi connectivity index (χ2n) is 4.56. The number of likely N-dealkylation sites (tertiary alicyclic amines) is 1. The Kier molecular flexibility index (Phi) is 3.04. The highest BCUT2D eigenvalue weighted by atomic mass is 35.5. The van der Waals surface area contributed by atoms with Crippen LogP contribution in [0.3, 0.4) is 0 Å². The molecule has 1 saturated heterocycles. The number of amides is 1. The Balaban J connectivity index is 1.79. The molecule has 2 heterocycles. The minimum atomic E-state index is 0.0126. The molecule has 3 rings (SSSR count). The predicted octanol–water partition coefficient (Wildman–Crippen LogP) is 2.26. The minimum Gasteiger partial charge on any atom is -0.454 e. The molecule has 18 heavy (non-hydrogen) atoms.